The second-order valence-corrected chi connectivity index (χ2v) is 7.33. The minimum Gasteiger partial charge on any atom is -0.490 e. The van der Waals surface area contributed by atoms with Gasteiger partial charge < -0.3 is 10.1 Å². The van der Waals surface area contributed by atoms with Gasteiger partial charge in [-0.25, -0.2) is 0 Å². The van der Waals surface area contributed by atoms with E-state index in [1.165, 1.54) is 12.1 Å². The Hall–Kier alpha value is -2.00. The zero-order valence-electron chi connectivity index (χ0n) is 14.0. The smallest absolute Gasteiger partial charge is 0.266 e. The number of hydrogen-bond acceptors (Lipinski definition) is 3. The summed E-state index contributed by atoms with van der Waals surface area (Å²) in [6.45, 7) is 3.80. The predicted octanol–water partition coefficient (Wildman–Crippen LogP) is 6.09. The second-order valence-electron chi connectivity index (χ2n) is 5.60. The monoisotopic (exact) mass is 452 g/mol. The largest absolute Gasteiger partial charge is 0.490 e. The predicted molar refractivity (Wildman–Crippen MR) is 109 cm³/mol. The molecule has 0 aromatic heterocycles. The van der Waals surface area contributed by atoms with Crippen LogP contribution in [0.15, 0.2) is 46.4 Å². The number of benzene rings is 2. The molecule has 0 aliphatic heterocycles. The number of ether oxygens (including phenoxy) is 1. The zero-order chi connectivity index (χ0) is 19.3. The molecule has 0 atom stereocenters. The number of carbonyl (C=O) groups excluding carboxylic acids is 1. The van der Waals surface area contributed by atoms with Gasteiger partial charge >= 0.3 is 0 Å². The van der Waals surface area contributed by atoms with E-state index in [1.807, 2.05) is 26.0 Å². The molecule has 0 saturated carbocycles. The molecule has 2 aromatic rings. The van der Waals surface area contributed by atoms with Crippen LogP contribution in [0.1, 0.15) is 19.4 Å². The van der Waals surface area contributed by atoms with Gasteiger partial charge in [-0.05, 0) is 56.3 Å². The SMILES string of the molecule is CC(C)Oc1ccc(Br)cc1/C=C(\C#N)C(=O)Nc1ccc(Cl)c(Cl)c1. The molecule has 4 nitrogen and oxygen atoms in total. The highest BCUT2D eigenvalue weighted by Gasteiger charge is 2.13. The number of nitrogens with one attached hydrogen (secondary N) is 1. The van der Waals surface area contributed by atoms with Crippen LogP contribution in [0.4, 0.5) is 5.69 Å². The van der Waals surface area contributed by atoms with Gasteiger partial charge in [0.05, 0.1) is 16.1 Å². The highest BCUT2D eigenvalue weighted by atomic mass is 79.9. The lowest BCUT2D eigenvalue weighted by Gasteiger charge is -2.13. The van der Waals surface area contributed by atoms with Crippen molar-refractivity contribution in [1.82, 2.24) is 0 Å². The fourth-order valence-corrected chi connectivity index (χ4v) is 2.75. The molecule has 0 heterocycles. The molecule has 0 spiro atoms. The summed E-state index contributed by atoms with van der Waals surface area (Å²) < 4.78 is 6.54. The number of halogens is 3. The van der Waals surface area contributed by atoms with E-state index in [4.69, 9.17) is 27.9 Å². The van der Waals surface area contributed by atoms with Crippen molar-refractivity contribution in [3.05, 3.63) is 62.1 Å². The van der Waals surface area contributed by atoms with E-state index in [1.54, 1.807) is 24.3 Å². The number of carbonyl (C=O) groups is 1. The average molecular weight is 454 g/mol. The molecule has 7 heteroatoms. The van der Waals surface area contributed by atoms with Crippen LogP contribution in [-0.2, 0) is 4.79 Å². The van der Waals surface area contributed by atoms with Crippen molar-refractivity contribution in [3.8, 4) is 11.8 Å². The number of amides is 1. The van der Waals surface area contributed by atoms with Gasteiger partial charge in [0.2, 0.25) is 0 Å². The van der Waals surface area contributed by atoms with E-state index in [-0.39, 0.29) is 11.7 Å². The molecule has 0 unspecified atom stereocenters. The molecule has 0 saturated heterocycles. The Morgan fingerprint density at radius 2 is 1.96 bits per heavy atom. The van der Waals surface area contributed by atoms with E-state index in [9.17, 15) is 10.1 Å². The summed E-state index contributed by atoms with van der Waals surface area (Å²) in [5, 5.41) is 12.7. The molecule has 0 radical (unpaired) electrons. The molecule has 0 aliphatic carbocycles. The highest BCUT2D eigenvalue weighted by molar-refractivity contribution is 9.10. The van der Waals surface area contributed by atoms with Crippen LogP contribution < -0.4 is 10.1 Å². The first-order chi connectivity index (χ1) is 12.3. The minimum atomic E-state index is -0.554. The van der Waals surface area contributed by atoms with Crippen molar-refractivity contribution in [2.24, 2.45) is 0 Å². The first-order valence-corrected chi connectivity index (χ1v) is 9.19. The number of nitrogens with zero attached hydrogens (tertiary/aromatic N) is 1. The maximum absolute atomic E-state index is 12.4. The third kappa shape index (κ3) is 5.50. The van der Waals surface area contributed by atoms with E-state index in [0.717, 1.165) is 4.47 Å². The molecule has 26 heavy (non-hydrogen) atoms. The van der Waals surface area contributed by atoms with Crippen LogP contribution in [0.3, 0.4) is 0 Å². The minimum absolute atomic E-state index is 0.0427. The topological polar surface area (TPSA) is 62.1 Å². The van der Waals surface area contributed by atoms with Crippen LogP contribution in [0.25, 0.3) is 6.08 Å². The maximum atomic E-state index is 12.4. The molecule has 134 valence electrons. The fraction of sp³-hybridized carbons (Fsp3) is 0.158. The summed E-state index contributed by atoms with van der Waals surface area (Å²) in [6, 6.07) is 12.0. The molecule has 0 fully saturated rings. The van der Waals surface area contributed by atoms with Gasteiger partial charge in [0.15, 0.2) is 0 Å². The average Bonchev–Trinajstić information content (AvgIpc) is 2.57. The van der Waals surface area contributed by atoms with Gasteiger partial charge in [0.25, 0.3) is 5.91 Å². The number of anilines is 1. The van der Waals surface area contributed by atoms with E-state index in [0.29, 0.717) is 27.0 Å². The summed E-state index contributed by atoms with van der Waals surface area (Å²) in [5.41, 5.74) is 0.995. The van der Waals surface area contributed by atoms with Crippen molar-refractivity contribution in [1.29, 1.82) is 5.26 Å². The van der Waals surface area contributed by atoms with Crippen LogP contribution in [0.2, 0.25) is 10.0 Å². The maximum Gasteiger partial charge on any atom is 0.266 e. The fourth-order valence-electron chi connectivity index (χ4n) is 2.07. The molecule has 0 aliphatic rings. The van der Waals surface area contributed by atoms with Crippen LogP contribution in [-0.4, -0.2) is 12.0 Å². The molecule has 2 aromatic carbocycles. The molecule has 2 rings (SSSR count). The Balaban J connectivity index is 2.32. The van der Waals surface area contributed by atoms with Crippen molar-refractivity contribution < 1.29 is 9.53 Å². The van der Waals surface area contributed by atoms with E-state index < -0.39 is 5.91 Å². The Bertz CT molecular complexity index is 905. The zero-order valence-corrected chi connectivity index (χ0v) is 17.1. The van der Waals surface area contributed by atoms with Crippen LogP contribution in [0.5, 0.6) is 5.75 Å². The van der Waals surface area contributed by atoms with Crippen LogP contribution in [0, 0.1) is 11.3 Å². The highest BCUT2D eigenvalue weighted by Crippen LogP contribution is 2.28. The van der Waals surface area contributed by atoms with E-state index in [2.05, 4.69) is 21.2 Å². The molecular formula is C19H15BrCl2N2O2. The molecular weight excluding hydrogens is 439 g/mol. The lowest BCUT2D eigenvalue weighted by atomic mass is 10.1. The Morgan fingerprint density at radius 1 is 1.23 bits per heavy atom. The summed E-state index contributed by atoms with van der Waals surface area (Å²) in [4.78, 5) is 12.4. The number of rotatable bonds is 5. The second kappa shape index (κ2) is 9.09. The van der Waals surface area contributed by atoms with Crippen molar-refractivity contribution in [2.75, 3.05) is 5.32 Å². The van der Waals surface area contributed by atoms with Crippen molar-refractivity contribution in [2.45, 2.75) is 20.0 Å². The Morgan fingerprint density at radius 3 is 2.58 bits per heavy atom. The summed E-state index contributed by atoms with van der Waals surface area (Å²) in [5.74, 6) is 0.0275. The van der Waals surface area contributed by atoms with Gasteiger partial charge in [-0.1, -0.05) is 39.1 Å². The van der Waals surface area contributed by atoms with E-state index >= 15 is 0 Å². The molecule has 1 N–H and O–H groups in total. The Labute approximate surface area is 170 Å². The lowest BCUT2D eigenvalue weighted by Crippen LogP contribution is -2.13. The van der Waals surface area contributed by atoms with Gasteiger partial charge in [0, 0.05) is 15.7 Å². The third-order valence-corrected chi connectivity index (χ3v) is 4.41. The number of hydrogen-bond donors (Lipinski definition) is 1. The van der Waals surface area contributed by atoms with Gasteiger partial charge in [-0.15, -0.1) is 0 Å². The standard InChI is InChI=1S/C19H15BrCl2N2O2/c1-11(2)26-18-6-3-14(20)8-12(18)7-13(10-23)19(25)24-15-4-5-16(21)17(22)9-15/h3-9,11H,1-2H3,(H,24,25)/b13-7+. The molecule has 0 bridgehead atoms. The van der Waals surface area contributed by atoms with Crippen LogP contribution >= 0.6 is 39.1 Å². The van der Waals surface area contributed by atoms with Crippen molar-refractivity contribution in [3.63, 3.8) is 0 Å². The third-order valence-electron chi connectivity index (χ3n) is 3.18. The summed E-state index contributed by atoms with van der Waals surface area (Å²) in [6.07, 6.45) is 1.44. The van der Waals surface area contributed by atoms with Gasteiger partial charge in [-0.2, -0.15) is 5.26 Å². The normalized spacial score (nSPS) is 11.2. The lowest BCUT2D eigenvalue weighted by molar-refractivity contribution is -0.112. The first kappa shape index (κ1) is 20.3. The Kier molecular flexibility index (Phi) is 7.10. The summed E-state index contributed by atoms with van der Waals surface area (Å²) >= 11 is 15.2. The van der Waals surface area contributed by atoms with Gasteiger partial charge in [-0.3, -0.25) is 4.79 Å². The van der Waals surface area contributed by atoms with Gasteiger partial charge in [0.1, 0.15) is 17.4 Å². The number of nitriles is 1. The quantitative estimate of drug-likeness (QED) is 0.440. The first-order valence-electron chi connectivity index (χ1n) is 7.64. The molecule has 1 amide bonds. The van der Waals surface area contributed by atoms with Crippen molar-refractivity contribution >= 4 is 56.8 Å². The summed E-state index contributed by atoms with van der Waals surface area (Å²) in [7, 11) is 0.